The van der Waals surface area contributed by atoms with Crippen molar-refractivity contribution in [2.45, 2.75) is 9.72 Å². The predicted molar refractivity (Wildman–Crippen MR) is 71.9 cm³/mol. The van der Waals surface area contributed by atoms with Gasteiger partial charge >= 0.3 is 5.97 Å². The summed E-state index contributed by atoms with van der Waals surface area (Å²) in [4.78, 5) is 11.6. The van der Waals surface area contributed by atoms with Crippen molar-refractivity contribution in [2.75, 3.05) is 12.9 Å². The summed E-state index contributed by atoms with van der Waals surface area (Å²) in [6, 6.07) is 5.22. The summed E-state index contributed by atoms with van der Waals surface area (Å²) in [5.41, 5.74) is 0. The molecule has 88 valence electrons. The molecule has 1 aromatic rings. The molecule has 0 bridgehead atoms. The second-order valence-electron chi connectivity index (χ2n) is 2.88. The van der Waals surface area contributed by atoms with E-state index in [4.69, 9.17) is 23.2 Å². The minimum atomic E-state index is -0.349. The van der Waals surface area contributed by atoms with Crippen LogP contribution in [-0.4, -0.2) is 23.7 Å². The Morgan fingerprint density at radius 2 is 2.25 bits per heavy atom. The molecule has 0 spiro atoms. The minimum absolute atomic E-state index is 0.300. The number of carbonyl (C=O) groups excluding carboxylic acids is 1. The van der Waals surface area contributed by atoms with Crippen LogP contribution in [0.3, 0.4) is 0 Å². The maximum atomic E-state index is 11.1. The Hall–Kier alpha value is 0.1000. The van der Waals surface area contributed by atoms with Gasteiger partial charge in [-0.05, 0) is 18.2 Å². The van der Waals surface area contributed by atoms with E-state index in [0.717, 1.165) is 4.90 Å². The molecule has 0 saturated heterocycles. The largest absolute Gasteiger partial charge is 0.468 e. The highest BCUT2D eigenvalue weighted by Crippen LogP contribution is 2.31. The zero-order valence-corrected chi connectivity index (χ0v) is 12.3. The van der Waals surface area contributed by atoms with E-state index < -0.39 is 0 Å². The van der Waals surface area contributed by atoms with Gasteiger partial charge in [0.15, 0.2) is 0 Å². The summed E-state index contributed by atoms with van der Waals surface area (Å²) >= 11 is 16.5. The lowest BCUT2D eigenvalue weighted by Gasteiger charge is -2.08. The molecule has 0 aliphatic carbocycles. The summed E-state index contributed by atoms with van der Waals surface area (Å²) < 4.78 is 4.60. The first kappa shape index (κ1) is 14.2. The number of thioether (sulfide) groups is 1. The molecule has 0 aliphatic rings. The van der Waals surface area contributed by atoms with Crippen LogP contribution >= 0.6 is 50.9 Å². The zero-order valence-electron chi connectivity index (χ0n) is 8.38. The fourth-order valence-electron chi connectivity index (χ4n) is 0.947. The predicted octanol–water partition coefficient (Wildman–Crippen LogP) is 4.02. The number of hydrogen-bond donors (Lipinski definition) is 0. The zero-order chi connectivity index (χ0) is 12.1. The molecule has 16 heavy (non-hydrogen) atoms. The Labute approximate surface area is 117 Å². The highest BCUT2D eigenvalue weighted by Gasteiger charge is 2.16. The van der Waals surface area contributed by atoms with E-state index in [1.807, 2.05) is 0 Å². The van der Waals surface area contributed by atoms with Crippen molar-refractivity contribution < 1.29 is 9.53 Å². The maximum absolute atomic E-state index is 11.1. The van der Waals surface area contributed by atoms with Crippen LogP contribution in [0, 0.1) is 0 Å². The smallest absolute Gasteiger partial charge is 0.320 e. The molecule has 0 saturated carbocycles. The van der Waals surface area contributed by atoms with Gasteiger partial charge in [0.25, 0.3) is 0 Å². The molecule has 6 heteroatoms. The monoisotopic (exact) mass is 342 g/mol. The number of rotatable bonds is 4. The highest BCUT2D eigenvalue weighted by molar-refractivity contribution is 9.10. The molecular weight excluding hydrogens is 335 g/mol. The number of carbonyl (C=O) groups is 1. The van der Waals surface area contributed by atoms with Gasteiger partial charge < -0.3 is 4.74 Å². The van der Waals surface area contributed by atoms with E-state index in [1.165, 1.54) is 18.9 Å². The van der Waals surface area contributed by atoms with Gasteiger partial charge in [-0.25, -0.2) is 0 Å². The highest BCUT2D eigenvalue weighted by atomic mass is 79.9. The summed E-state index contributed by atoms with van der Waals surface area (Å²) in [7, 11) is 1.35. The number of esters is 1. The van der Waals surface area contributed by atoms with Gasteiger partial charge in [-0.2, -0.15) is 0 Å². The molecule has 1 aromatic carbocycles. The third kappa shape index (κ3) is 4.17. The Morgan fingerprint density at radius 3 is 2.88 bits per heavy atom. The Bertz CT molecular complexity index is 387. The topological polar surface area (TPSA) is 26.3 Å². The summed E-state index contributed by atoms with van der Waals surface area (Å²) in [5.74, 6) is 0.234. The quantitative estimate of drug-likeness (QED) is 0.469. The normalized spacial score (nSPS) is 12.2. The van der Waals surface area contributed by atoms with Crippen LogP contribution in [0.4, 0.5) is 0 Å². The van der Waals surface area contributed by atoms with Crippen LogP contribution in [0.25, 0.3) is 0 Å². The Kier molecular flexibility index (Phi) is 5.97. The average Bonchev–Trinajstić information content (AvgIpc) is 2.28. The Morgan fingerprint density at radius 1 is 1.56 bits per heavy atom. The van der Waals surface area contributed by atoms with Gasteiger partial charge in [0.1, 0.15) is 4.83 Å². The number of alkyl halides is 1. The summed E-state index contributed by atoms with van der Waals surface area (Å²) in [5, 5.41) is 1.25. The average molecular weight is 344 g/mol. The first-order valence-electron chi connectivity index (χ1n) is 4.34. The van der Waals surface area contributed by atoms with Crippen molar-refractivity contribution in [3.05, 3.63) is 28.2 Å². The lowest BCUT2D eigenvalue weighted by Crippen LogP contribution is -2.17. The first-order chi connectivity index (χ1) is 7.54. The standard InChI is InChI=1S/C10H9BrCl2O2S/c1-15-10(14)7(11)5-16-9-4-6(12)2-3-8(9)13/h2-4,7H,5H2,1H3. The lowest BCUT2D eigenvalue weighted by molar-refractivity contribution is -0.139. The molecule has 0 fully saturated rings. The fraction of sp³-hybridized carbons (Fsp3) is 0.300. The van der Waals surface area contributed by atoms with Crippen LogP contribution in [0.1, 0.15) is 0 Å². The first-order valence-corrected chi connectivity index (χ1v) is 7.00. The second kappa shape index (κ2) is 6.74. The lowest BCUT2D eigenvalue weighted by atomic mass is 10.4. The van der Waals surface area contributed by atoms with Gasteiger partial charge in [-0.1, -0.05) is 39.1 Å². The molecular formula is C10H9BrCl2O2S. The third-order valence-electron chi connectivity index (χ3n) is 1.74. The molecule has 0 N–H and O–H groups in total. The molecule has 0 heterocycles. The van der Waals surface area contributed by atoms with Crippen LogP contribution < -0.4 is 0 Å². The number of benzene rings is 1. The fourth-order valence-corrected chi connectivity index (χ4v) is 2.93. The number of halogens is 3. The number of hydrogen-bond acceptors (Lipinski definition) is 3. The van der Waals surface area contributed by atoms with E-state index >= 15 is 0 Å². The van der Waals surface area contributed by atoms with Gasteiger partial charge in [-0.15, -0.1) is 11.8 Å². The van der Waals surface area contributed by atoms with E-state index in [-0.39, 0.29) is 10.8 Å². The Balaban J connectivity index is 2.60. The van der Waals surface area contributed by atoms with Gasteiger partial charge in [0.2, 0.25) is 0 Å². The van der Waals surface area contributed by atoms with Crippen molar-refractivity contribution in [3.63, 3.8) is 0 Å². The third-order valence-corrected chi connectivity index (χ3v) is 4.69. The molecule has 1 rings (SSSR count). The van der Waals surface area contributed by atoms with E-state index in [2.05, 4.69) is 20.7 Å². The van der Waals surface area contributed by atoms with Crippen molar-refractivity contribution in [2.24, 2.45) is 0 Å². The van der Waals surface area contributed by atoms with E-state index in [0.29, 0.717) is 15.8 Å². The van der Waals surface area contributed by atoms with Crippen LogP contribution in [0.15, 0.2) is 23.1 Å². The van der Waals surface area contributed by atoms with Crippen molar-refractivity contribution in [3.8, 4) is 0 Å². The molecule has 0 aliphatic heterocycles. The molecule has 0 radical (unpaired) electrons. The number of ether oxygens (including phenoxy) is 1. The molecule has 0 amide bonds. The van der Waals surface area contributed by atoms with Crippen LogP contribution in [-0.2, 0) is 9.53 Å². The van der Waals surface area contributed by atoms with Crippen LogP contribution in [0.2, 0.25) is 10.0 Å². The summed E-state index contributed by atoms with van der Waals surface area (Å²) in [6.07, 6.45) is 0. The van der Waals surface area contributed by atoms with Gasteiger partial charge in [0, 0.05) is 15.7 Å². The van der Waals surface area contributed by atoms with Crippen LogP contribution in [0.5, 0.6) is 0 Å². The maximum Gasteiger partial charge on any atom is 0.320 e. The molecule has 2 nitrogen and oxygen atoms in total. The molecule has 1 unspecified atom stereocenters. The molecule has 1 atom stereocenters. The second-order valence-corrected chi connectivity index (χ2v) is 5.89. The van der Waals surface area contributed by atoms with E-state index in [1.54, 1.807) is 18.2 Å². The minimum Gasteiger partial charge on any atom is -0.468 e. The van der Waals surface area contributed by atoms with Crippen molar-refractivity contribution in [1.29, 1.82) is 0 Å². The van der Waals surface area contributed by atoms with Crippen molar-refractivity contribution in [1.82, 2.24) is 0 Å². The summed E-state index contributed by atoms with van der Waals surface area (Å²) in [6.45, 7) is 0. The van der Waals surface area contributed by atoms with Gasteiger partial charge in [0.05, 0.1) is 12.1 Å². The van der Waals surface area contributed by atoms with Gasteiger partial charge in [-0.3, -0.25) is 4.79 Å². The number of methoxy groups -OCH3 is 1. The van der Waals surface area contributed by atoms with E-state index in [9.17, 15) is 4.79 Å². The van der Waals surface area contributed by atoms with Crippen molar-refractivity contribution >= 4 is 56.9 Å². The molecule has 0 aromatic heterocycles. The SMILES string of the molecule is COC(=O)C(Br)CSc1cc(Cl)ccc1Cl.